The van der Waals surface area contributed by atoms with Crippen molar-refractivity contribution in [1.29, 1.82) is 0 Å². The Morgan fingerprint density at radius 1 is 1.03 bits per heavy atom. The smallest absolute Gasteiger partial charge is 0.301 e. The molecule has 2 heterocycles. The molecule has 144 valence electrons. The molecule has 9 heteroatoms. The molecule has 1 amide bonds. The number of anilines is 1. The Morgan fingerprint density at radius 2 is 1.83 bits per heavy atom. The van der Waals surface area contributed by atoms with E-state index in [0.29, 0.717) is 17.0 Å². The van der Waals surface area contributed by atoms with Crippen molar-refractivity contribution >= 4 is 22.8 Å². The van der Waals surface area contributed by atoms with Crippen molar-refractivity contribution in [2.45, 2.75) is 6.92 Å². The van der Waals surface area contributed by atoms with E-state index in [1.165, 1.54) is 25.3 Å². The number of hydrogen-bond donors (Lipinski definition) is 1. The largest absolute Gasteiger partial charge is 0.355 e. The van der Waals surface area contributed by atoms with E-state index in [2.05, 4.69) is 25.6 Å². The van der Waals surface area contributed by atoms with Gasteiger partial charge in [0.15, 0.2) is 5.75 Å². The molecule has 29 heavy (non-hydrogen) atoms. The number of fused-ring (bicyclic) bond motifs is 1. The number of nitrogens with one attached hydrogen (secondary N) is 1. The number of nitrogens with zero attached hydrogens (tertiary/aromatic N) is 5. The first kappa shape index (κ1) is 18.2. The summed E-state index contributed by atoms with van der Waals surface area (Å²) in [5.41, 5.74) is 4.36. The molecule has 4 rings (SSSR count). The van der Waals surface area contributed by atoms with Crippen molar-refractivity contribution in [1.82, 2.24) is 25.6 Å². The number of rotatable bonds is 5. The average Bonchev–Trinajstić information content (AvgIpc) is 2.74. The van der Waals surface area contributed by atoms with Crippen molar-refractivity contribution in [3.8, 4) is 17.0 Å². The predicted molar refractivity (Wildman–Crippen MR) is 104 cm³/mol. The quantitative estimate of drug-likeness (QED) is 0.524. The van der Waals surface area contributed by atoms with Crippen LogP contribution in [0.3, 0.4) is 0 Å². The number of pyridine rings is 1. The van der Waals surface area contributed by atoms with E-state index in [9.17, 15) is 9.18 Å². The number of carbonyl (C=O) groups excluding carboxylic acids is 1. The number of benzene rings is 2. The molecule has 0 aliphatic rings. The zero-order valence-electron chi connectivity index (χ0n) is 15.3. The van der Waals surface area contributed by atoms with Gasteiger partial charge in [-0.15, -0.1) is 10.2 Å². The second-order valence-electron chi connectivity index (χ2n) is 6.03. The summed E-state index contributed by atoms with van der Waals surface area (Å²) >= 11 is 0. The molecule has 0 radical (unpaired) electrons. The standard InChI is InChI=1S/C20H15FN6O2/c1-13(28)26-27(29-19-10-11-22-17-5-3-2-4-16(17)19)20-23-12-18(24-25-20)14-6-8-15(21)9-7-14/h2-12H,1H3,(H,26,28). The molecule has 0 spiro atoms. The first-order valence-electron chi connectivity index (χ1n) is 8.65. The number of aromatic nitrogens is 4. The lowest BCUT2D eigenvalue weighted by Gasteiger charge is -2.21. The van der Waals surface area contributed by atoms with Crippen LogP contribution in [0, 0.1) is 5.82 Å². The third kappa shape index (κ3) is 4.08. The number of para-hydroxylation sites is 1. The molecular weight excluding hydrogens is 375 g/mol. The Bertz CT molecular complexity index is 1150. The molecular formula is C20H15FN6O2. The molecule has 2 aromatic carbocycles. The minimum Gasteiger partial charge on any atom is -0.355 e. The monoisotopic (exact) mass is 390 g/mol. The Morgan fingerprint density at radius 3 is 2.55 bits per heavy atom. The maximum Gasteiger partial charge on any atom is 0.301 e. The Labute approximate surface area is 164 Å². The molecule has 0 bridgehead atoms. The lowest BCUT2D eigenvalue weighted by molar-refractivity contribution is -0.120. The topological polar surface area (TPSA) is 93.1 Å². The Kier molecular flexibility index (Phi) is 4.93. The van der Waals surface area contributed by atoms with Crippen LogP contribution in [0.1, 0.15) is 6.92 Å². The summed E-state index contributed by atoms with van der Waals surface area (Å²) in [6.45, 7) is 1.33. The zero-order valence-corrected chi connectivity index (χ0v) is 15.3. The second kappa shape index (κ2) is 7.85. The first-order valence-corrected chi connectivity index (χ1v) is 8.65. The second-order valence-corrected chi connectivity index (χ2v) is 6.03. The molecule has 4 aromatic rings. The third-order valence-electron chi connectivity index (χ3n) is 3.93. The molecule has 8 nitrogen and oxygen atoms in total. The zero-order chi connectivity index (χ0) is 20.2. The van der Waals surface area contributed by atoms with Crippen LogP contribution in [-0.2, 0) is 4.79 Å². The molecule has 0 aliphatic carbocycles. The van der Waals surface area contributed by atoms with Gasteiger partial charge in [-0.3, -0.25) is 9.78 Å². The molecule has 0 saturated carbocycles. The van der Waals surface area contributed by atoms with Crippen molar-refractivity contribution in [3.05, 3.63) is 72.8 Å². The lowest BCUT2D eigenvalue weighted by Crippen LogP contribution is -2.45. The average molecular weight is 390 g/mol. The van der Waals surface area contributed by atoms with Gasteiger partial charge in [-0.1, -0.05) is 17.3 Å². The van der Waals surface area contributed by atoms with Crippen LogP contribution in [0.4, 0.5) is 10.3 Å². The minimum absolute atomic E-state index is 0.0203. The number of amides is 1. The molecule has 1 N–H and O–H groups in total. The van der Waals surface area contributed by atoms with Crippen molar-refractivity contribution in [3.63, 3.8) is 0 Å². The van der Waals surface area contributed by atoms with E-state index in [-0.39, 0.29) is 17.7 Å². The molecule has 0 atom stereocenters. The van der Waals surface area contributed by atoms with Crippen LogP contribution in [0.25, 0.3) is 22.2 Å². The Hall–Kier alpha value is -4.14. The molecule has 0 fully saturated rings. The highest BCUT2D eigenvalue weighted by Gasteiger charge is 2.16. The minimum atomic E-state index is -0.380. The van der Waals surface area contributed by atoms with Crippen LogP contribution in [0.2, 0.25) is 0 Å². The number of halogens is 1. The normalized spacial score (nSPS) is 10.6. The SMILES string of the molecule is CC(=O)NN(Oc1ccnc2ccccc12)c1ncc(-c2ccc(F)cc2)nn1. The maximum atomic E-state index is 13.1. The number of hydrazine groups is 1. The van der Waals surface area contributed by atoms with E-state index >= 15 is 0 Å². The van der Waals surface area contributed by atoms with Gasteiger partial charge in [0.05, 0.1) is 11.7 Å². The van der Waals surface area contributed by atoms with E-state index in [1.807, 2.05) is 24.3 Å². The predicted octanol–water partition coefficient (Wildman–Crippen LogP) is 3.08. The highest BCUT2D eigenvalue weighted by molar-refractivity contribution is 5.84. The summed E-state index contributed by atoms with van der Waals surface area (Å²) in [7, 11) is 0. The van der Waals surface area contributed by atoms with Gasteiger partial charge < -0.3 is 4.84 Å². The summed E-state index contributed by atoms with van der Waals surface area (Å²) in [6, 6.07) is 14.9. The van der Waals surface area contributed by atoms with Gasteiger partial charge in [0.1, 0.15) is 11.5 Å². The summed E-state index contributed by atoms with van der Waals surface area (Å²) in [4.78, 5) is 26.0. The summed E-state index contributed by atoms with van der Waals surface area (Å²) < 4.78 is 13.1. The molecule has 0 unspecified atom stereocenters. The van der Waals surface area contributed by atoms with Crippen molar-refractivity contribution < 1.29 is 14.0 Å². The van der Waals surface area contributed by atoms with Gasteiger partial charge in [0.2, 0.25) is 5.91 Å². The molecule has 2 aromatic heterocycles. The van der Waals surface area contributed by atoms with Crippen LogP contribution in [0.15, 0.2) is 67.0 Å². The maximum absolute atomic E-state index is 13.1. The molecule has 0 aliphatic heterocycles. The van der Waals surface area contributed by atoms with Crippen LogP contribution < -0.4 is 15.4 Å². The third-order valence-corrected chi connectivity index (χ3v) is 3.93. The summed E-state index contributed by atoms with van der Waals surface area (Å²) in [5.74, 6) is -0.252. The van der Waals surface area contributed by atoms with Crippen molar-refractivity contribution in [2.24, 2.45) is 0 Å². The van der Waals surface area contributed by atoms with Gasteiger partial charge in [-0.25, -0.2) is 14.8 Å². The highest BCUT2D eigenvalue weighted by atomic mass is 19.1. The van der Waals surface area contributed by atoms with E-state index < -0.39 is 0 Å². The van der Waals surface area contributed by atoms with Gasteiger partial charge in [0, 0.05) is 30.1 Å². The van der Waals surface area contributed by atoms with Crippen molar-refractivity contribution in [2.75, 3.05) is 5.17 Å². The van der Waals surface area contributed by atoms with Crippen LogP contribution in [0.5, 0.6) is 5.75 Å². The van der Waals surface area contributed by atoms with Gasteiger partial charge in [-0.05, 0) is 36.4 Å². The van der Waals surface area contributed by atoms with Gasteiger partial charge in [0.25, 0.3) is 0 Å². The van der Waals surface area contributed by atoms with E-state index in [0.717, 1.165) is 16.1 Å². The lowest BCUT2D eigenvalue weighted by atomic mass is 10.2. The van der Waals surface area contributed by atoms with Crippen LogP contribution in [-0.4, -0.2) is 26.1 Å². The Balaban J connectivity index is 1.64. The van der Waals surface area contributed by atoms with Gasteiger partial charge in [-0.2, -0.15) is 0 Å². The fourth-order valence-corrected chi connectivity index (χ4v) is 2.62. The summed E-state index contributed by atoms with van der Waals surface area (Å²) in [5, 5.41) is 9.90. The number of carbonyl (C=O) groups is 1. The summed E-state index contributed by atoms with van der Waals surface area (Å²) in [6.07, 6.45) is 3.05. The number of hydrogen-bond acceptors (Lipinski definition) is 7. The van der Waals surface area contributed by atoms with E-state index in [1.54, 1.807) is 24.4 Å². The fraction of sp³-hybridized carbons (Fsp3) is 0.0500. The molecule has 0 saturated heterocycles. The highest BCUT2D eigenvalue weighted by Crippen LogP contribution is 2.25. The van der Waals surface area contributed by atoms with E-state index in [4.69, 9.17) is 4.84 Å². The first-order chi connectivity index (χ1) is 14.1. The fourth-order valence-electron chi connectivity index (χ4n) is 2.62. The van der Waals surface area contributed by atoms with Crippen LogP contribution >= 0.6 is 0 Å². The van der Waals surface area contributed by atoms with Gasteiger partial charge >= 0.3 is 5.95 Å².